The number of nitrogens with one attached hydrogen (secondary N) is 2. The fourth-order valence-electron chi connectivity index (χ4n) is 3.59. The molecule has 0 radical (unpaired) electrons. The molecule has 2 heterocycles. The number of rotatable bonds is 5. The minimum atomic E-state index is -0.853. The first-order valence-electron chi connectivity index (χ1n) is 10.5. The third-order valence-electron chi connectivity index (χ3n) is 5.23. The molecule has 4 rings (SSSR count). The Morgan fingerprint density at radius 1 is 1.09 bits per heavy atom. The Morgan fingerprint density at radius 3 is 2.61 bits per heavy atom. The molecule has 0 atom stereocenters. The van der Waals surface area contributed by atoms with Crippen LogP contribution in [0.4, 0.5) is 5.69 Å². The van der Waals surface area contributed by atoms with Crippen molar-refractivity contribution in [2.45, 2.75) is 13.3 Å². The van der Waals surface area contributed by atoms with E-state index in [0.717, 1.165) is 16.4 Å². The van der Waals surface area contributed by atoms with Gasteiger partial charge in [0, 0.05) is 35.6 Å². The topological polar surface area (TPSA) is 122 Å². The van der Waals surface area contributed by atoms with Gasteiger partial charge in [0.1, 0.15) is 16.9 Å². The van der Waals surface area contributed by atoms with Crippen molar-refractivity contribution in [3.63, 3.8) is 0 Å². The second kappa shape index (κ2) is 9.70. The summed E-state index contributed by atoms with van der Waals surface area (Å²) in [7, 11) is 1.52. The first-order valence-corrected chi connectivity index (χ1v) is 10.5. The number of nitrogens with zero attached hydrogens (tertiary/aromatic N) is 2. The highest BCUT2D eigenvalue weighted by molar-refractivity contribution is 6.35. The molecule has 3 aromatic rings. The number of amides is 3. The molecule has 2 N–H and O–H groups in total. The zero-order valence-electron chi connectivity index (χ0n) is 18.3. The second-order valence-electron chi connectivity index (χ2n) is 7.56. The Balaban J connectivity index is 1.40. The van der Waals surface area contributed by atoms with Crippen molar-refractivity contribution >= 4 is 51.1 Å². The van der Waals surface area contributed by atoms with Gasteiger partial charge in [-0.3, -0.25) is 14.4 Å². The Kier molecular flexibility index (Phi) is 6.55. The lowest BCUT2D eigenvalue weighted by molar-refractivity contribution is -0.148. The molecule has 1 saturated heterocycles. The first-order chi connectivity index (χ1) is 16.0. The van der Waals surface area contributed by atoms with Crippen molar-refractivity contribution in [3.8, 4) is 5.75 Å². The van der Waals surface area contributed by atoms with E-state index < -0.39 is 11.8 Å². The van der Waals surface area contributed by atoms with Crippen LogP contribution in [0.3, 0.4) is 0 Å². The third kappa shape index (κ3) is 4.96. The van der Waals surface area contributed by atoms with Gasteiger partial charge < -0.3 is 24.1 Å². The molecule has 33 heavy (non-hydrogen) atoms. The van der Waals surface area contributed by atoms with Gasteiger partial charge in [-0.1, -0.05) is 18.2 Å². The number of hydrogen-bond donors (Lipinski definition) is 2. The number of carbonyl (C=O) groups is 3. The number of ether oxygens (including phenoxy) is 2. The summed E-state index contributed by atoms with van der Waals surface area (Å²) in [6.07, 6.45) is -0.0899. The SMILES string of the molecule is COc1cc2c(cc1NC(=O)CC(C)=NNC(=O)C(=O)N1CCOCC1)oc1ccccc12. The molecular weight excluding hydrogens is 428 g/mol. The molecule has 1 fully saturated rings. The van der Waals surface area contributed by atoms with E-state index in [1.165, 1.54) is 12.0 Å². The molecule has 2 aromatic carbocycles. The zero-order valence-corrected chi connectivity index (χ0v) is 18.3. The van der Waals surface area contributed by atoms with Crippen molar-refractivity contribution in [1.82, 2.24) is 10.3 Å². The standard InChI is InChI=1S/C23H24N4O6/c1-14(25-26-22(29)23(30)27-7-9-32-10-8-27)11-21(28)24-17-13-19-16(12-20(17)31-2)15-5-3-4-6-18(15)33-19/h3-6,12-13H,7-11H2,1-2H3,(H,24,28)(H,26,29). The number of benzene rings is 2. The van der Waals surface area contributed by atoms with Gasteiger partial charge in [-0.25, -0.2) is 5.43 Å². The maximum atomic E-state index is 12.5. The van der Waals surface area contributed by atoms with E-state index in [-0.39, 0.29) is 12.3 Å². The van der Waals surface area contributed by atoms with Crippen LogP contribution in [0.15, 0.2) is 45.9 Å². The quantitative estimate of drug-likeness (QED) is 0.348. The lowest BCUT2D eigenvalue weighted by Crippen LogP contribution is -2.47. The van der Waals surface area contributed by atoms with Crippen molar-refractivity contribution in [1.29, 1.82) is 0 Å². The van der Waals surface area contributed by atoms with E-state index in [4.69, 9.17) is 13.9 Å². The van der Waals surface area contributed by atoms with Crippen LogP contribution < -0.4 is 15.5 Å². The highest BCUT2D eigenvalue weighted by Gasteiger charge is 2.23. The summed E-state index contributed by atoms with van der Waals surface area (Å²) in [6, 6.07) is 11.2. The van der Waals surface area contributed by atoms with E-state index >= 15 is 0 Å². The summed E-state index contributed by atoms with van der Waals surface area (Å²) in [6.45, 7) is 3.08. The molecular formula is C23H24N4O6. The number of hydrazone groups is 1. The fourth-order valence-corrected chi connectivity index (χ4v) is 3.59. The van der Waals surface area contributed by atoms with Crippen molar-refractivity contribution in [2.75, 3.05) is 38.7 Å². The lowest BCUT2D eigenvalue weighted by Gasteiger charge is -2.25. The Morgan fingerprint density at radius 2 is 1.85 bits per heavy atom. The number of fused-ring (bicyclic) bond motifs is 3. The molecule has 1 aromatic heterocycles. The summed E-state index contributed by atoms with van der Waals surface area (Å²) in [5.41, 5.74) is 4.35. The van der Waals surface area contributed by atoms with E-state index in [9.17, 15) is 14.4 Å². The number of carbonyl (C=O) groups excluding carboxylic acids is 3. The summed E-state index contributed by atoms with van der Waals surface area (Å²) in [4.78, 5) is 38.1. The van der Waals surface area contributed by atoms with Gasteiger partial charge >= 0.3 is 11.8 Å². The van der Waals surface area contributed by atoms with Crippen molar-refractivity contribution < 1.29 is 28.3 Å². The number of methoxy groups -OCH3 is 1. The van der Waals surface area contributed by atoms with Gasteiger partial charge in [0.05, 0.1) is 32.4 Å². The van der Waals surface area contributed by atoms with E-state index in [0.29, 0.717) is 49.0 Å². The molecule has 3 amide bonds. The molecule has 10 nitrogen and oxygen atoms in total. The van der Waals surface area contributed by atoms with Crippen LogP contribution in [0.25, 0.3) is 21.9 Å². The Labute approximate surface area is 189 Å². The van der Waals surface area contributed by atoms with Crippen LogP contribution in [-0.2, 0) is 19.1 Å². The second-order valence-corrected chi connectivity index (χ2v) is 7.56. The van der Waals surface area contributed by atoms with Crippen LogP contribution >= 0.6 is 0 Å². The minimum Gasteiger partial charge on any atom is -0.495 e. The predicted molar refractivity (Wildman–Crippen MR) is 122 cm³/mol. The molecule has 172 valence electrons. The molecule has 0 unspecified atom stereocenters. The molecule has 0 spiro atoms. The number of hydrogen-bond acceptors (Lipinski definition) is 7. The van der Waals surface area contributed by atoms with Crippen molar-refractivity contribution in [2.24, 2.45) is 5.10 Å². The average molecular weight is 452 g/mol. The van der Waals surface area contributed by atoms with Crippen LogP contribution in [0, 0.1) is 0 Å². The van der Waals surface area contributed by atoms with Crippen LogP contribution in [-0.4, -0.2) is 61.7 Å². The lowest BCUT2D eigenvalue weighted by atomic mass is 10.1. The number of anilines is 1. The van der Waals surface area contributed by atoms with Crippen LogP contribution in [0.2, 0.25) is 0 Å². The smallest absolute Gasteiger partial charge is 0.329 e. The summed E-state index contributed by atoms with van der Waals surface area (Å²) in [5, 5.41) is 8.49. The molecule has 10 heteroatoms. The van der Waals surface area contributed by atoms with E-state index in [1.54, 1.807) is 13.0 Å². The monoisotopic (exact) mass is 452 g/mol. The summed E-state index contributed by atoms with van der Waals surface area (Å²) < 4.78 is 16.5. The molecule has 1 aliphatic heterocycles. The van der Waals surface area contributed by atoms with Gasteiger partial charge in [-0.2, -0.15) is 5.10 Å². The molecule has 0 bridgehead atoms. The normalized spacial score (nSPS) is 14.4. The molecule has 0 saturated carbocycles. The maximum Gasteiger partial charge on any atom is 0.329 e. The number of furan rings is 1. The largest absolute Gasteiger partial charge is 0.495 e. The van der Waals surface area contributed by atoms with E-state index in [2.05, 4.69) is 15.8 Å². The summed E-state index contributed by atoms with van der Waals surface area (Å²) >= 11 is 0. The third-order valence-corrected chi connectivity index (χ3v) is 5.23. The first kappa shape index (κ1) is 22.3. The van der Waals surface area contributed by atoms with Crippen LogP contribution in [0.1, 0.15) is 13.3 Å². The van der Waals surface area contributed by atoms with Gasteiger partial charge in [0.25, 0.3) is 0 Å². The zero-order chi connectivity index (χ0) is 23.4. The van der Waals surface area contributed by atoms with E-state index in [1.807, 2.05) is 30.3 Å². The van der Waals surface area contributed by atoms with Gasteiger partial charge in [-0.05, 0) is 19.1 Å². The fraction of sp³-hybridized carbons (Fsp3) is 0.304. The minimum absolute atomic E-state index is 0.0899. The van der Waals surface area contributed by atoms with Gasteiger partial charge in [0.2, 0.25) is 5.91 Å². The summed E-state index contributed by atoms with van der Waals surface area (Å²) in [5.74, 6) is -1.41. The predicted octanol–water partition coefficient (Wildman–Crippen LogP) is 2.27. The Hall–Kier alpha value is -3.92. The maximum absolute atomic E-state index is 12.5. The highest BCUT2D eigenvalue weighted by atomic mass is 16.5. The van der Waals surface area contributed by atoms with Gasteiger partial charge in [0.15, 0.2) is 0 Å². The average Bonchev–Trinajstić information content (AvgIpc) is 3.19. The Bertz CT molecular complexity index is 1240. The highest BCUT2D eigenvalue weighted by Crippen LogP contribution is 2.36. The molecule has 0 aliphatic carbocycles. The molecule has 1 aliphatic rings. The van der Waals surface area contributed by atoms with Crippen molar-refractivity contribution in [3.05, 3.63) is 36.4 Å². The van der Waals surface area contributed by atoms with Gasteiger partial charge in [-0.15, -0.1) is 0 Å². The number of para-hydroxylation sites is 1. The number of morpholine rings is 1. The van der Waals surface area contributed by atoms with Crippen LogP contribution in [0.5, 0.6) is 5.75 Å².